The van der Waals surface area contributed by atoms with Crippen molar-refractivity contribution in [3.63, 3.8) is 0 Å². The number of aldehydes is 1. The van der Waals surface area contributed by atoms with Crippen LogP contribution in [-0.4, -0.2) is 19.4 Å². The summed E-state index contributed by atoms with van der Waals surface area (Å²) in [6, 6.07) is 6.13. The molecule has 2 rings (SSSR count). The molecule has 1 aromatic rings. The minimum Gasteiger partial charge on any atom is -0.371 e. The fourth-order valence-corrected chi connectivity index (χ4v) is 2.61. The van der Waals surface area contributed by atoms with E-state index in [1.54, 1.807) is 6.08 Å². The first-order valence-corrected chi connectivity index (χ1v) is 7.10. The molecular weight excluding hydrogens is 246 g/mol. The van der Waals surface area contributed by atoms with Gasteiger partial charge in [-0.15, -0.1) is 0 Å². The number of allylic oxidation sites excluding steroid dienone is 5. The predicted octanol–water partition coefficient (Wildman–Crippen LogP) is 4.24. The van der Waals surface area contributed by atoms with Gasteiger partial charge in [-0.1, -0.05) is 36.9 Å². The first kappa shape index (κ1) is 14.3. The zero-order chi connectivity index (χ0) is 14.4. The largest absolute Gasteiger partial charge is 0.371 e. The third-order valence-electron chi connectivity index (χ3n) is 3.66. The first-order chi connectivity index (χ1) is 9.80. The van der Waals surface area contributed by atoms with Gasteiger partial charge in [0.1, 0.15) is 0 Å². The lowest BCUT2D eigenvalue weighted by molar-refractivity contribution is 0.112. The van der Waals surface area contributed by atoms with Gasteiger partial charge in [0.2, 0.25) is 0 Å². The highest BCUT2D eigenvalue weighted by Crippen LogP contribution is 2.27. The molecular formula is C18H21NO. The van der Waals surface area contributed by atoms with Crippen molar-refractivity contribution in [2.45, 2.75) is 19.8 Å². The summed E-state index contributed by atoms with van der Waals surface area (Å²) in [5, 5.41) is 0. The van der Waals surface area contributed by atoms with Crippen molar-refractivity contribution in [3.8, 4) is 0 Å². The van der Waals surface area contributed by atoms with Crippen LogP contribution in [0.4, 0.5) is 5.69 Å². The van der Waals surface area contributed by atoms with Crippen molar-refractivity contribution in [3.05, 3.63) is 60.2 Å². The Balaban J connectivity index is 2.35. The van der Waals surface area contributed by atoms with Crippen LogP contribution in [0.2, 0.25) is 0 Å². The molecule has 0 amide bonds. The lowest BCUT2D eigenvalue weighted by Crippen LogP contribution is -2.19. The Morgan fingerprint density at radius 2 is 2.05 bits per heavy atom. The highest BCUT2D eigenvalue weighted by atomic mass is 16.1. The van der Waals surface area contributed by atoms with Crippen LogP contribution in [0.5, 0.6) is 0 Å². The van der Waals surface area contributed by atoms with Gasteiger partial charge in [0.25, 0.3) is 0 Å². The molecule has 20 heavy (non-hydrogen) atoms. The molecule has 0 aromatic heterocycles. The van der Waals surface area contributed by atoms with Gasteiger partial charge in [0, 0.05) is 24.3 Å². The van der Waals surface area contributed by atoms with E-state index in [9.17, 15) is 4.79 Å². The molecule has 0 spiro atoms. The number of anilines is 1. The van der Waals surface area contributed by atoms with Crippen LogP contribution in [0, 0.1) is 0 Å². The van der Waals surface area contributed by atoms with Gasteiger partial charge in [-0.2, -0.15) is 0 Å². The molecule has 1 saturated heterocycles. The summed E-state index contributed by atoms with van der Waals surface area (Å²) in [5.74, 6) is 0. The standard InChI is InChI=1S/C18H21NO/c1-3-5-8-15(4-2)16-9-10-18(17(13-16)14-20)19-11-6-7-12-19/h3-5,8-10,13-14H,1,6-7,11-12H2,2H3/b8-5-,15-4+. The first-order valence-electron chi connectivity index (χ1n) is 7.10. The van der Waals surface area contributed by atoms with E-state index < -0.39 is 0 Å². The van der Waals surface area contributed by atoms with E-state index in [4.69, 9.17) is 0 Å². The van der Waals surface area contributed by atoms with Crippen molar-refractivity contribution in [1.82, 2.24) is 0 Å². The average molecular weight is 267 g/mol. The van der Waals surface area contributed by atoms with E-state index in [-0.39, 0.29) is 0 Å². The normalized spacial score (nSPS) is 15.8. The molecule has 1 aliphatic rings. The van der Waals surface area contributed by atoms with E-state index in [1.165, 1.54) is 12.8 Å². The Labute approximate surface area is 121 Å². The second-order valence-corrected chi connectivity index (χ2v) is 4.92. The monoisotopic (exact) mass is 267 g/mol. The molecule has 0 saturated carbocycles. The second kappa shape index (κ2) is 6.90. The van der Waals surface area contributed by atoms with Gasteiger partial charge in [0.15, 0.2) is 6.29 Å². The van der Waals surface area contributed by atoms with Crippen LogP contribution in [0.25, 0.3) is 5.57 Å². The minimum atomic E-state index is 0.774. The smallest absolute Gasteiger partial charge is 0.152 e. The van der Waals surface area contributed by atoms with Gasteiger partial charge in [-0.05, 0) is 43.0 Å². The molecule has 2 nitrogen and oxygen atoms in total. The zero-order valence-electron chi connectivity index (χ0n) is 12.0. The van der Waals surface area contributed by atoms with Crippen LogP contribution in [0.3, 0.4) is 0 Å². The number of nitrogens with zero attached hydrogens (tertiary/aromatic N) is 1. The summed E-state index contributed by atoms with van der Waals surface area (Å²) in [5.41, 5.74) is 4.00. The van der Waals surface area contributed by atoms with Gasteiger partial charge in [0.05, 0.1) is 0 Å². The third-order valence-corrected chi connectivity index (χ3v) is 3.66. The van der Waals surface area contributed by atoms with E-state index >= 15 is 0 Å². The number of benzene rings is 1. The SMILES string of the molecule is C=C/C=C\C(=C/C)c1ccc(N2CCCC2)c(C=O)c1. The highest BCUT2D eigenvalue weighted by molar-refractivity contribution is 5.88. The number of hydrogen-bond donors (Lipinski definition) is 0. The van der Waals surface area contributed by atoms with Crippen LogP contribution in [0.15, 0.2) is 49.1 Å². The fraction of sp³-hybridized carbons (Fsp3) is 0.278. The average Bonchev–Trinajstić information content (AvgIpc) is 3.02. The number of hydrogen-bond acceptors (Lipinski definition) is 2. The summed E-state index contributed by atoms with van der Waals surface area (Å²) in [6.07, 6.45) is 11.1. The molecule has 0 radical (unpaired) electrons. The van der Waals surface area contributed by atoms with E-state index in [0.29, 0.717) is 0 Å². The number of rotatable bonds is 5. The van der Waals surface area contributed by atoms with Crippen molar-refractivity contribution in [2.75, 3.05) is 18.0 Å². The van der Waals surface area contributed by atoms with Gasteiger partial charge < -0.3 is 4.90 Å². The van der Waals surface area contributed by atoms with Crippen molar-refractivity contribution < 1.29 is 4.79 Å². The lowest BCUT2D eigenvalue weighted by Gasteiger charge is -2.20. The van der Waals surface area contributed by atoms with Gasteiger partial charge in [-0.3, -0.25) is 4.79 Å². The Bertz CT molecular complexity index is 549. The summed E-state index contributed by atoms with van der Waals surface area (Å²) in [7, 11) is 0. The molecule has 0 atom stereocenters. The lowest BCUT2D eigenvalue weighted by atomic mass is 10.0. The Morgan fingerprint density at radius 1 is 1.30 bits per heavy atom. The predicted molar refractivity (Wildman–Crippen MR) is 86.3 cm³/mol. The Kier molecular flexibility index (Phi) is 4.94. The summed E-state index contributed by atoms with van der Waals surface area (Å²) < 4.78 is 0. The van der Waals surface area contributed by atoms with Crippen molar-refractivity contribution in [1.29, 1.82) is 0 Å². The molecule has 0 N–H and O–H groups in total. The Hall–Kier alpha value is -2.09. The second-order valence-electron chi connectivity index (χ2n) is 4.92. The summed E-state index contributed by atoms with van der Waals surface area (Å²) in [6.45, 7) is 7.78. The van der Waals surface area contributed by atoms with Crippen molar-refractivity contribution in [2.24, 2.45) is 0 Å². The molecule has 1 aliphatic heterocycles. The molecule has 0 aliphatic carbocycles. The molecule has 1 fully saturated rings. The van der Waals surface area contributed by atoms with Crippen LogP contribution >= 0.6 is 0 Å². The third kappa shape index (κ3) is 3.08. The van der Waals surface area contributed by atoms with E-state index in [1.807, 2.05) is 31.2 Å². The van der Waals surface area contributed by atoms with Crippen LogP contribution in [-0.2, 0) is 0 Å². The molecule has 1 heterocycles. The summed E-state index contributed by atoms with van der Waals surface area (Å²) in [4.78, 5) is 13.7. The molecule has 2 heteroatoms. The van der Waals surface area contributed by atoms with Crippen molar-refractivity contribution >= 4 is 17.5 Å². The van der Waals surface area contributed by atoms with Gasteiger partial charge >= 0.3 is 0 Å². The van der Waals surface area contributed by atoms with Crippen LogP contribution in [0.1, 0.15) is 35.7 Å². The van der Waals surface area contributed by atoms with E-state index in [2.05, 4.69) is 23.6 Å². The Morgan fingerprint density at radius 3 is 2.65 bits per heavy atom. The highest BCUT2D eigenvalue weighted by Gasteiger charge is 2.16. The fourth-order valence-electron chi connectivity index (χ4n) is 2.61. The summed E-state index contributed by atoms with van der Waals surface area (Å²) >= 11 is 0. The minimum absolute atomic E-state index is 0.774. The van der Waals surface area contributed by atoms with Crippen LogP contribution < -0.4 is 4.90 Å². The molecule has 0 bridgehead atoms. The zero-order valence-corrected chi connectivity index (χ0v) is 12.0. The van der Waals surface area contributed by atoms with Gasteiger partial charge in [-0.25, -0.2) is 0 Å². The molecule has 0 unspecified atom stereocenters. The maximum atomic E-state index is 11.4. The quantitative estimate of drug-likeness (QED) is 0.587. The molecule has 104 valence electrons. The topological polar surface area (TPSA) is 20.3 Å². The number of carbonyl (C=O) groups excluding carboxylic acids is 1. The van der Waals surface area contributed by atoms with E-state index in [0.717, 1.165) is 41.8 Å². The molecule has 1 aromatic carbocycles. The maximum Gasteiger partial charge on any atom is 0.152 e. The number of carbonyl (C=O) groups is 1. The maximum absolute atomic E-state index is 11.4.